The second-order valence-electron chi connectivity index (χ2n) is 2.47. The van der Waals surface area contributed by atoms with E-state index in [1.165, 1.54) is 11.9 Å². The van der Waals surface area contributed by atoms with Gasteiger partial charge < -0.3 is 9.83 Å². The fourth-order valence-corrected chi connectivity index (χ4v) is 2.77. The highest BCUT2D eigenvalue weighted by atomic mass is 79.9. The van der Waals surface area contributed by atoms with Gasteiger partial charge in [0.2, 0.25) is 0 Å². The molecule has 2 N–H and O–H groups in total. The first-order valence-corrected chi connectivity index (χ1v) is 6.25. The van der Waals surface area contributed by atoms with Gasteiger partial charge in [0, 0.05) is 4.47 Å². The number of phenols is 1. The fourth-order valence-electron chi connectivity index (χ4n) is 0.984. The molecule has 0 aromatic heterocycles. The zero-order valence-electron chi connectivity index (χ0n) is 6.51. The molecule has 0 radical (unpaired) electrons. The second kappa shape index (κ2) is 3.92. The fraction of sp³-hybridized carbons (Fsp3) is 0. The monoisotopic (exact) mass is 356 g/mol. The number of halogens is 3. The number of rotatable bonds is 0. The molecular formula is C7H3Br2ClN2OS. The van der Waals surface area contributed by atoms with Crippen LogP contribution in [0.15, 0.2) is 20.4 Å². The standard InChI is InChI=1S/C7H3Br2ClN2OS/c8-2-1-3-5(6(13)4(2)10)11-7(9)12-14-3/h1,13H,(H,11,12). The van der Waals surface area contributed by atoms with Crippen molar-refractivity contribution < 1.29 is 5.11 Å². The van der Waals surface area contributed by atoms with E-state index in [4.69, 9.17) is 11.6 Å². The minimum absolute atomic E-state index is 0.0120. The Bertz CT molecular complexity index is 438. The Labute approximate surface area is 106 Å². The highest BCUT2D eigenvalue weighted by Gasteiger charge is 2.19. The first-order chi connectivity index (χ1) is 6.59. The molecule has 74 valence electrons. The van der Waals surface area contributed by atoms with Crippen molar-refractivity contribution in [3.63, 3.8) is 0 Å². The Morgan fingerprint density at radius 2 is 2.21 bits per heavy atom. The summed E-state index contributed by atoms with van der Waals surface area (Å²) in [7, 11) is 0. The molecule has 0 aliphatic carbocycles. The Kier molecular flexibility index (Phi) is 2.97. The van der Waals surface area contributed by atoms with Crippen LogP contribution in [0.25, 0.3) is 0 Å². The first kappa shape index (κ1) is 10.6. The Balaban J connectivity index is 2.68. The van der Waals surface area contributed by atoms with E-state index in [0.29, 0.717) is 14.9 Å². The third-order valence-electron chi connectivity index (χ3n) is 1.59. The number of amidine groups is 1. The first-order valence-electron chi connectivity index (χ1n) is 3.47. The van der Waals surface area contributed by atoms with E-state index in [-0.39, 0.29) is 10.8 Å². The molecule has 0 atom stereocenters. The van der Waals surface area contributed by atoms with Crippen molar-refractivity contribution >= 4 is 65.8 Å². The predicted molar refractivity (Wildman–Crippen MR) is 65.8 cm³/mol. The van der Waals surface area contributed by atoms with Gasteiger partial charge in [-0.3, -0.25) is 0 Å². The van der Waals surface area contributed by atoms with Crippen molar-refractivity contribution in [1.29, 1.82) is 0 Å². The maximum atomic E-state index is 9.71. The maximum absolute atomic E-state index is 9.71. The molecule has 0 fully saturated rings. The van der Waals surface area contributed by atoms with Crippen LogP contribution < -0.4 is 4.72 Å². The van der Waals surface area contributed by atoms with Gasteiger partial charge in [0.15, 0.2) is 10.5 Å². The van der Waals surface area contributed by atoms with Crippen molar-refractivity contribution in [1.82, 2.24) is 4.72 Å². The predicted octanol–water partition coefficient (Wildman–Crippen LogP) is 3.80. The molecule has 1 aliphatic rings. The maximum Gasteiger partial charge on any atom is 0.181 e. The van der Waals surface area contributed by atoms with Crippen LogP contribution in [0, 0.1) is 0 Å². The number of fused-ring (bicyclic) bond motifs is 1. The van der Waals surface area contributed by atoms with Gasteiger partial charge in [0.05, 0.1) is 9.92 Å². The lowest BCUT2D eigenvalue weighted by Crippen LogP contribution is -2.10. The summed E-state index contributed by atoms with van der Waals surface area (Å²) in [5.74, 6) is -0.0120. The third-order valence-corrected chi connectivity index (χ3v) is 4.29. The SMILES string of the molecule is Oc1c(Cl)c(Br)cc2c1N=C(Br)NS2. The summed E-state index contributed by atoms with van der Waals surface area (Å²) in [6.07, 6.45) is 0. The number of aromatic hydroxyl groups is 1. The van der Waals surface area contributed by atoms with Crippen molar-refractivity contribution in [2.45, 2.75) is 4.90 Å². The van der Waals surface area contributed by atoms with Crippen LogP contribution in [0.3, 0.4) is 0 Å². The van der Waals surface area contributed by atoms with Gasteiger partial charge in [-0.1, -0.05) is 11.6 Å². The summed E-state index contributed by atoms with van der Waals surface area (Å²) in [4.78, 5) is 4.91. The lowest BCUT2D eigenvalue weighted by Gasteiger charge is -2.15. The molecule has 0 saturated heterocycles. The van der Waals surface area contributed by atoms with Crippen LogP contribution in [0.4, 0.5) is 5.69 Å². The highest BCUT2D eigenvalue weighted by molar-refractivity contribution is 9.18. The normalized spacial score (nSPS) is 14.4. The summed E-state index contributed by atoms with van der Waals surface area (Å²) in [5.41, 5.74) is 0.480. The molecule has 0 spiro atoms. The number of nitrogens with zero attached hydrogens (tertiary/aromatic N) is 1. The number of phenolic OH excluding ortho intramolecular Hbond substituents is 1. The largest absolute Gasteiger partial charge is 0.504 e. The zero-order chi connectivity index (χ0) is 10.3. The Morgan fingerprint density at radius 1 is 1.50 bits per heavy atom. The van der Waals surface area contributed by atoms with Gasteiger partial charge in [-0.2, -0.15) is 0 Å². The van der Waals surface area contributed by atoms with Crippen LogP contribution in [-0.2, 0) is 0 Å². The smallest absolute Gasteiger partial charge is 0.181 e. The Morgan fingerprint density at radius 3 is 2.93 bits per heavy atom. The van der Waals surface area contributed by atoms with Crippen LogP contribution in [0.2, 0.25) is 5.02 Å². The molecule has 1 heterocycles. The number of hydrogen-bond donors (Lipinski definition) is 2. The number of nitrogens with one attached hydrogen (secondary N) is 1. The summed E-state index contributed by atoms with van der Waals surface area (Å²) in [6, 6.07) is 1.80. The zero-order valence-corrected chi connectivity index (χ0v) is 11.3. The van der Waals surface area contributed by atoms with Crippen LogP contribution in [-0.4, -0.2) is 9.85 Å². The molecule has 1 aliphatic heterocycles. The van der Waals surface area contributed by atoms with E-state index >= 15 is 0 Å². The molecule has 0 unspecified atom stereocenters. The van der Waals surface area contributed by atoms with E-state index in [2.05, 4.69) is 41.6 Å². The van der Waals surface area contributed by atoms with Gasteiger partial charge >= 0.3 is 0 Å². The number of benzene rings is 1. The molecule has 3 nitrogen and oxygen atoms in total. The summed E-state index contributed by atoms with van der Waals surface area (Å²) < 4.78 is 4.13. The third kappa shape index (κ3) is 1.76. The van der Waals surface area contributed by atoms with Gasteiger partial charge in [0.25, 0.3) is 0 Å². The van der Waals surface area contributed by atoms with E-state index in [9.17, 15) is 5.11 Å². The summed E-state index contributed by atoms with van der Waals surface area (Å²) >= 11 is 13.6. The summed E-state index contributed by atoms with van der Waals surface area (Å²) in [6.45, 7) is 0. The molecule has 1 aromatic rings. The van der Waals surface area contributed by atoms with Gasteiger partial charge in [0.1, 0.15) is 5.69 Å². The molecule has 14 heavy (non-hydrogen) atoms. The average Bonchev–Trinajstić information content (AvgIpc) is 2.16. The van der Waals surface area contributed by atoms with E-state index in [0.717, 1.165) is 4.90 Å². The quantitative estimate of drug-likeness (QED) is 0.548. The minimum Gasteiger partial charge on any atom is -0.504 e. The summed E-state index contributed by atoms with van der Waals surface area (Å²) in [5, 5.41) is 9.98. The number of aliphatic imine (C=N–C) groups is 1. The molecular weight excluding hydrogens is 355 g/mol. The topological polar surface area (TPSA) is 44.6 Å². The molecule has 0 bridgehead atoms. The lowest BCUT2D eigenvalue weighted by molar-refractivity contribution is 0.475. The lowest BCUT2D eigenvalue weighted by atomic mass is 10.3. The van der Waals surface area contributed by atoms with Gasteiger partial charge in [-0.25, -0.2) is 4.99 Å². The minimum atomic E-state index is -0.0120. The van der Waals surface area contributed by atoms with Crippen molar-refractivity contribution in [2.75, 3.05) is 0 Å². The second-order valence-corrected chi connectivity index (χ2v) is 5.31. The van der Waals surface area contributed by atoms with Gasteiger partial charge in [-0.05, 0) is 49.9 Å². The van der Waals surface area contributed by atoms with Crippen molar-refractivity contribution in [2.24, 2.45) is 4.99 Å². The molecule has 7 heteroatoms. The van der Waals surface area contributed by atoms with E-state index in [1.807, 2.05) is 0 Å². The van der Waals surface area contributed by atoms with Gasteiger partial charge in [-0.15, -0.1) is 0 Å². The van der Waals surface area contributed by atoms with Crippen LogP contribution >= 0.6 is 55.4 Å². The highest BCUT2D eigenvalue weighted by Crippen LogP contribution is 2.46. The Hall–Kier alpha value is 0.0900. The molecule has 1 aromatic carbocycles. The van der Waals surface area contributed by atoms with E-state index in [1.54, 1.807) is 6.07 Å². The van der Waals surface area contributed by atoms with Crippen LogP contribution in [0.1, 0.15) is 0 Å². The molecule has 0 amide bonds. The average molecular weight is 358 g/mol. The van der Waals surface area contributed by atoms with Crippen molar-refractivity contribution in [3.8, 4) is 5.75 Å². The van der Waals surface area contributed by atoms with Crippen molar-refractivity contribution in [3.05, 3.63) is 15.6 Å². The van der Waals surface area contributed by atoms with E-state index < -0.39 is 0 Å². The number of hydrogen-bond acceptors (Lipinski definition) is 4. The van der Waals surface area contributed by atoms with Crippen LogP contribution in [0.5, 0.6) is 5.75 Å². The molecule has 0 saturated carbocycles. The molecule has 2 rings (SSSR count).